The lowest BCUT2D eigenvalue weighted by atomic mass is 9.79. The summed E-state index contributed by atoms with van der Waals surface area (Å²) in [5.41, 5.74) is 0.134. The lowest BCUT2D eigenvalue weighted by Gasteiger charge is -2.49. The first-order valence-corrected chi connectivity index (χ1v) is 9.41. The molecule has 4 heterocycles. The second-order valence-electron chi connectivity index (χ2n) is 7.20. The summed E-state index contributed by atoms with van der Waals surface area (Å²) in [5.74, 6) is 0.618. The zero-order valence-corrected chi connectivity index (χ0v) is 15.6. The normalized spacial score (nSPS) is 26.7. The van der Waals surface area contributed by atoms with Crippen LogP contribution in [0.4, 0.5) is 5.69 Å². The molecule has 142 valence electrons. The Balaban J connectivity index is 1.55. The van der Waals surface area contributed by atoms with Crippen molar-refractivity contribution in [1.82, 2.24) is 10.2 Å². The maximum Gasteiger partial charge on any atom is 0.287 e. The van der Waals surface area contributed by atoms with Crippen LogP contribution in [0.5, 0.6) is 0 Å². The van der Waals surface area contributed by atoms with Crippen molar-refractivity contribution >= 4 is 23.2 Å². The van der Waals surface area contributed by atoms with E-state index in [9.17, 15) is 14.9 Å². The molecule has 0 spiro atoms. The number of amides is 1. The van der Waals surface area contributed by atoms with Crippen molar-refractivity contribution in [3.63, 3.8) is 0 Å². The fourth-order valence-corrected chi connectivity index (χ4v) is 4.40. The van der Waals surface area contributed by atoms with E-state index in [1.165, 1.54) is 12.1 Å². The van der Waals surface area contributed by atoms with Crippen molar-refractivity contribution in [2.24, 2.45) is 5.92 Å². The van der Waals surface area contributed by atoms with Crippen LogP contribution >= 0.6 is 11.6 Å². The molecule has 3 aliphatic heterocycles. The highest BCUT2D eigenvalue weighted by Crippen LogP contribution is 2.34. The SMILES string of the molecule is CC1C(NC(=O)c2ccc(-c3ccc(Cl)cc3[N+](=O)[O-])o2)C2CCN1CC2. The van der Waals surface area contributed by atoms with Gasteiger partial charge in [-0.15, -0.1) is 0 Å². The van der Waals surface area contributed by atoms with Crippen molar-refractivity contribution in [2.45, 2.75) is 31.8 Å². The first kappa shape index (κ1) is 18.0. The molecule has 0 radical (unpaired) electrons. The van der Waals surface area contributed by atoms with Crippen LogP contribution in [-0.2, 0) is 0 Å². The van der Waals surface area contributed by atoms with Gasteiger partial charge in [0, 0.05) is 23.2 Å². The Labute approximate surface area is 161 Å². The van der Waals surface area contributed by atoms with Crippen LogP contribution in [0.3, 0.4) is 0 Å². The molecule has 2 bridgehead atoms. The number of halogens is 1. The summed E-state index contributed by atoms with van der Waals surface area (Å²) in [5, 5.41) is 14.6. The summed E-state index contributed by atoms with van der Waals surface area (Å²) in [6.07, 6.45) is 2.19. The fourth-order valence-electron chi connectivity index (χ4n) is 4.24. The number of hydrogen-bond donors (Lipinski definition) is 1. The highest BCUT2D eigenvalue weighted by molar-refractivity contribution is 6.30. The van der Waals surface area contributed by atoms with Gasteiger partial charge in [0.1, 0.15) is 5.76 Å². The quantitative estimate of drug-likeness (QED) is 0.635. The topological polar surface area (TPSA) is 88.6 Å². The molecule has 1 aromatic heterocycles. The number of furan rings is 1. The van der Waals surface area contributed by atoms with Crippen LogP contribution in [0.25, 0.3) is 11.3 Å². The second-order valence-corrected chi connectivity index (χ2v) is 7.63. The summed E-state index contributed by atoms with van der Waals surface area (Å²) in [6, 6.07) is 7.87. The number of benzene rings is 1. The number of nitrogens with one attached hydrogen (secondary N) is 1. The van der Waals surface area contributed by atoms with Crippen molar-refractivity contribution in [3.05, 3.63) is 51.2 Å². The molecule has 3 saturated heterocycles. The van der Waals surface area contributed by atoms with E-state index in [1.54, 1.807) is 18.2 Å². The van der Waals surface area contributed by atoms with E-state index < -0.39 is 4.92 Å². The standard InChI is InChI=1S/C19H20ClN3O4/c1-11-18(12-6-8-22(11)9-7-12)21-19(24)17-5-4-16(27-17)14-3-2-13(20)10-15(14)23(25)26/h2-5,10-12,18H,6-9H2,1H3,(H,21,24). The van der Waals surface area contributed by atoms with Crippen molar-refractivity contribution < 1.29 is 14.1 Å². The molecule has 3 aliphatic rings. The summed E-state index contributed by atoms with van der Waals surface area (Å²) in [7, 11) is 0. The lowest BCUT2D eigenvalue weighted by molar-refractivity contribution is -0.384. The van der Waals surface area contributed by atoms with Gasteiger partial charge in [-0.25, -0.2) is 0 Å². The van der Waals surface area contributed by atoms with E-state index >= 15 is 0 Å². The third-order valence-corrected chi connectivity index (χ3v) is 5.96. The molecule has 2 atom stereocenters. The Hall–Kier alpha value is -2.38. The minimum absolute atomic E-state index is 0.0958. The number of nitro benzene ring substituents is 1. The maximum atomic E-state index is 12.7. The second kappa shape index (κ2) is 6.98. The van der Waals surface area contributed by atoms with Crippen molar-refractivity contribution in [2.75, 3.05) is 13.1 Å². The predicted molar refractivity (Wildman–Crippen MR) is 101 cm³/mol. The van der Waals surface area contributed by atoms with Gasteiger partial charge in [0.05, 0.1) is 10.5 Å². The maximum absolute atomic E-state index is 12.7. The van der Waals surface area contributed by atoms with Crippen LogP contribution < -0.4 is 5.32 Å². The monoisotopic (exact) mass is 389 g/mol. The van der Waals surface area contributed by atoms with Crippen LogP contribution in [0.2, 0.25) is 5.02 Å². The van der Waals surface area contributed by atoms with E-state index in [-0.39, 0.29) is 34.2 Å². The average Bonchev–Trinajstić information content (AvgIpc) is 3.15. The minimum Gasteiger partial charge on any atom is -0.451 e. The first-order chi connectivity index (χ1) is 12.9. The number of nitrogens with zero attached hydrogens (tertiary/aromatic N) is 2. The number of carbonyl (C=O) groups excluding carboxylic acids is 1. The smallest absolute Gasteiger partial charge is 0.287 e. The van der Waals surface area contributed by atoms with E-state index in [1.807, 2.05) is 0 Å². The van der Waals surface area contributed by atoms with Crippen LogP contribution in [0.1, 0.15) is 30.3 Å². The largest absolute Gasteiger partial charge is 0.451 e. The van der Waals surface area contributed by atoms with E-state index in [4.69, 9.17) is 16.0 Å². The lowest BCUT2D eigenvalue weighted by Crippen LogP contribution is -2.62. The first-order valence-electron chi connectivity index (χ1n) is 9.03. The van der Waals surface area contributed by atoms with Gasteiger partial charge in [-0.2, -0.15) is 0 Å². The molecule has 5 rings (SSSR count). The van der Waals surface area contributed by atoms with Crippen LogP contribution in [0, 0.1) is 16.0 Å². The summed E-state index contributed by atoms with van der Waals surface area (Å²) < 4.78 is 5.65. The Morgan fingerprint density at radius 1 is 1.30 bits per heavy atom. The minimum atomic E-state index is -0.516. The molecule has 1 N–H and O–H groups in total. The molecule has 2 aromatic rings. The Morgan fingerprint density at radius 2 is 2.04 bits per heavy atom. The predicted octanol–water partition coefficient (Wildman–Crippen LogP) is 3.72. The Bertz CT molecular complexity index is 887. The molecular weight excluding hydrogens is 370 g/mol. The van der Waals surface area contributed by atoms with Gasteiger partial charge < -0.3 is 9.73 Å². The van der Waals surface area contributed by atoms with Gasteiger partial charge in [-0.1, -0.05) is 11.6 Å². The number of hydrogen-bond acceptors (Lipinski definition) is 5. The molecule has 2 unspecified atom stereocenters. The van der Waals surface area contributed by atoms with Crippen LogP contribution in [-0.4, -0.2) is 40.9 Å². The van der Waals surface area contributed by atoms with Gasteiger partial charge in [-0.3, -0.25) is 19.8 Å². The zero-order chi connectivity index (χ0) is 19.1. The van der Waals surface area contributed by atoms with E-state index in [0.29, 0.717) is 17.5 Å². The molecule has 1 aromatic carbocycles. The van der Waals surface area contributed by atoms with Crippen molar-refractivity contribution in [1.29, 1.82) is 0 Å². The molecular formula is C19H20ClN3O4. The molecule has 0 aliphatic carbocycles. The van der Waals surface area contributed by atoms with Crippen LogP contribution in [0.15, 0.2) is 34.7 Å². The molecule has 3 fully saturated rings. The summed E-state index contributed by atoms with van der Waals surface area (Å²) >= 11 is 5.85. The van der Waals surface area contributed by atoms with Gasteiger partial charge >= 0.3 is 0 Å². The van der Waals surface area contributed by atoms with E-state index in [0.717, 1.165) is 25.9 Å². The molecule has 1 amide bonds. The molecule has 7 nitrogen and oxygen atoms in total. The molecule has 0 saturated carbocycles. The average molecular weight is 390 g/mol. The highest BCUT2D eigenvalue weighted by atomic mass is 35.5. The Morgan fingerprint density at radius 3 is 2.70 bits per heavy atom. The number of fused-ring (bicyclic) bond motifs is 3. The molecule has 8 heteroatoms. The number of piperidine rings is 3. The third kappa shape index (κ3) is 3.33. The number of carbonyl (C=O) groups is 1. The zero-order valence-electron chi connectivity index (χ0n) is 14.9. The van der Waals surface area contributed by atoms with Gasteiger partial charge in [0.25, 0.3) is 11.6 Å². The number of nitro groups is 1. The molecule has 27 heavy (non-hydrogen) atoms. The highest BCUT2D eigenvalue weighted by Gasteiger charge is 2.40. The van der Waals surface area contributed by atoms with E-state index in [2.05, 4.69) is 17.1 Å². The Kier molecular flexibility index (Phi) is 4.65. The summed E-state index contributed by atoms with van der Waals surface area (Å²) in [6.45, 7) is 4.31. The van der Waals surface area contributed by atoms with Gasteiger partial charge in [0.15, 0.2) is 5.76 Å². The number of rotatable bonds is 4. The van der Waals surface area contributed by atoms with Gasteiger partial charge in [0.2, 0.25) is 0 Å². The van der Waals surface area contributed by atoms with Gasteiger partial charge in [-0.05, 0) is 63.0 Å². The third-order valence-electron chi connectivity index (χ3n) is 5.73. The fraction of sp³-hybridized carbons (Fsp3) is 0.421. The van der Waals surface area contributed by atoms with Crippen molar-refractivity contribution in [3.8, 4) is 11.3 Å². The summed E-state index contributed by atoms with van der Waals surface area (Å²) in [4.78, 5) is 25.8.